The Kier molecular flexibility index (Phi) is 4.78. The maximum Gasteiger partial charge on any atom is 0.296 e. The lowest BCUT2D eigenvalue weighted by Gasteiger charge is -2.27. The number of ether oxygens (including phenoxy) is 2. The van der Waals surface area contributed by atoms with E-state index in [1.165, 1.54) is 26.4 Å². The molecule has 0 unspecified atom stereocenters. The number of nitro groups is 1. The monoisotopic (exact) mass is 284 g/mol. The topological polar surface area (TPSA) is 85.1 Å². The largest absolute Gasteiger partial charge is 0.493 e. The molecule has 1 aromatic carbocycles. The lowest BCUT2D eigenvalue weighted by Crippen LogP contribution is -2.36. The lowest BCUT2D eigenvalue weighted by atomic mass is 10.1. The molecule has 0 heterocycles. The van der Waals surface area contributed by atoms with E-state index in [4.69, 9.17) is 9.47 Å². The van der Waals surface area contributed by atoms with Crippen molar-refractivity contribution in [1.29, 1.82) is 0 Å². The van der Waals surface area contributed by atoms with E-state index in [0.717, 1.165) is 0 Å². The summed E-state index contributed by atoms with van der Waals surface area (Å²) in [5, 5.41) is 21.0. The van der Waals surface area contributed by atoms with Gasteiger partial charge < -0.3 is 19.5 Å². The number of benzene rings is 1. The molecule has 112 valence electrons. The molecular formula is C13H20N2O5. The number of anilines is 1. The number of likely N-dealkylation sites (N-methyl/N-ethyl adjacent to an activating group) is 1. The first-order valence-electron chi connectivity index (χ1n) is 6.03. The molecule has 1 aromatic rings. The van der Waals surface area contributed by atoms with E-state index in [1.807, 2.05) is 0 Å². The van der Waals surface area contributed by atoms with E-state index in [1.54, 1.807) is 25.8 Å². The summed E-state index contributed by atoms with van der Waals surface area (Å²) in [7, 11) is 4.55. The van der Waals surface area contributed by atoms with Crippen molar-refractivity contribution in [1.82, 2.24) is 0 Å². The van der Waals surface area contributed by atoms with Crippen molar-refractivity contribution >= 4 is 11.4 Å². The van der Waals surface area contributed by atoms with Gasteiger partial charge in [0.1, 0.15) is 5.69 Å². The summed E-state index contributed by atoms with van der Waals surface area (Å²) in [6.07, 6.45) is 0. The molecule has 1 N–H and O–H groups in total. The average molecular weight is 284 g/mol. The van der Waals surface area contributed by atoms with Gasteiger partial charge in [0.2, 0.25) is 0 Å². The highest BCUT2D eigenvalue weighted by Crippen LogP contribution is 2.39. The van der Waals surface area contributed by atoms with Gasteiger partial charge in [0.15, 0.2) is 11.5 Å². The van der Waals surface area contributed by atoms with Crippen LogP contribution in [0.3, 0.4) is 0 Å². The van der Waals surface area contributed by atoms with Crippen LogP contribution < -0.4 is 14.4 Å². The first-order chi connectivity index (χ1) is 9.19. The third-order valence-electron chi connectivity index (χ3n) is 2.71. The Labute approximate surface area is 117 Å². The van der Waals surface area contributed by atoms with Crippen LogP contribution in [0, 0.1) is 10.1 Å². The van der Waals surface area contributed by atoms with Gasteiger partial charge in [0, 0.05) is 19.7 Å². The molecule has 7 heteroatoms. The number of aliphatic hydroxyl groups is 1. The Balaban J connectivity index is 3.32. The molecule has 1 rings (SSSR count). The van der Waals surface area contributed by atoms with E-state index in [9.17, 15) is 15.2 Å². The Bertz CT molecular complexity index is 496. The third-order valence-corrected chi connectivity index (χ3v) is 2.71. The molecule has 0 bridgehead atoms. The molecule has 0 saturated heterocycles. The molecule has 0 spiro atoms. The summed E-state index contributed by atoms with van der Waals surface area (Å²) < 4.78 is 10.2. The summed E-state index contributed by atoms with van der Waals surface area (Å²) >= 11 is 0. The maximum absolute atomic E-state index is 11.2. The highest BCUT2D eigenvalue weighted by atomic mass is 16.6. The summed E-state index contributed by atoms with van der Waals surface area (Å²) in [5.74, 6) is 0.690. The fourth-order valence-corrected chi connectivity index (χ4v) is 1.98. The Morgan fingerprint density at radius 2 is 1.80 bits per heavy atom. The van der Waals surface area contributed by atoms with E-state index in [0.29, 0.717) is 17.2 Å². The Hall–Kier alpha value is -2.02. The second kappa shape index (κ2) is 5.96. The van der Waals surface area contributed by atoms with Crippen molar-refractivity contribution in [3.05, 3.63) is 22.2 Å². The predicted molar refractivity (Wildman–Crippen MR) is 75.8 cm³/mol. The van der Waals surface area contributed by atoms with Crippen molar-refractivity contribution in [2.24, 2.45) is 0 Å². The molecule has 0 saturated carbocycles. The Morgan fingerprint density at radius 1 is 1.30 bits per heavy atom. The number of methoxy groups -OCH3 is 2. The molecule has 0 fully saturated rings. The second-order valence-corrected chi connectivity index (χ2v) is 5.12. The van der Waals surface area contributed by atoms with E-state index in [2.05, 4.69) is 0 Å². The smallest absolute Gasteiger partial charge is 0.296 e. The molecule has 0 amide bonds. The fourth-order valence-electron chi connectivity index (χ4n) is 1.98. The molecule has 0 radical (unpaired) electrons. The van der Waals surface area contributed by atoms with Crippen molar-refractivity contribution in [2.45, 2.75) is 19.4 Å². The molecule has 0 aliphatic carbocycles. The van der Waals surface area contributed by atoms with Crippen molar-refractivity contribution in [2.75, 3.05) is 32.7 Å². The fraction of sp³-hybridized carbons (Fsp3) is 0.538. The van der Waals surface area contributed by atoms with E-state index >= 15 is 0 Å². The minimum atomic E-state index is -0.976. The van der Waals surface area contributed by atoms with Gasteiger partial charge in [-0.3, -0.25) is 10.1 Å². The first-order valence-corrected chi connectivity index (χ1v) is 6.03. The van der Waals surface area contributed by atoms with E-state index in [-0.39, 0.29) is 12.2 Å². The number of nitrogens with zero attached hydrogens (tertiary/aromatic N) is 2. The number of nitro benzene ring substituents is 1. The molecule has 7 nitrogen and oxygen atoms in total. The average Bonchev–Trinajstić information content (AvgIpc) is 2.34. The van der Waals surface area contributed by atoms with Gasteiger partial charge in [-0.25, -0.2) is 0 Å². The zero-order chi connectivity index (χ0) is 15.5. The van der Waals surface area contributed by atoms with Crippen LogP contribution in [0.5, 0.6) is 11.5 Å². The number of hydrogen-bond donors (Lipinski definition) is 1. The van der Waals surface area contributed by atoms with Gasteiger partial charge in [-0.15, -0.1) is 0 Å². The molecular weight excluding hydrogens is 264 g/mol. The van der Waals surface area contributed by atoms with Gasteiger partial charge >= 0.3 is 0 Å². The minimum absolute atomic E-state index is 0.102. The summed E-state index contributed by atoms with van der Waals surface area (Å²) in [5.41, 5.74) is -0.723. The molecule has 0 aliphatic heterocycles. The molecule has 20 heavy (non-hydrogen) atoms. The predicted octanol–water partition coefficient (Wildman–Crippen LogP) is 1.82. The quantitative estimate of drug-likeness (QED) is 0.633. The van der Waals surface area contributed by atoms with Crippen molar-refractivity contribution in [3.63, 3.8) is 0 Å². The zero-order valence-corrected chi connectivity index (χ0v) is 12.3. The standard InChI is InChI=1S/C13H20N2O5/c1-13(2,16)8-14(3)9-6-11(19-4)12(20-5)7-10(9)15(17)18/h6-7,16H,8H2,1-5H3. The molecule has 0 atom stereocenters. The third kappa shape index (κ3) is 3.74. The van der Waals surface area contributed by atoms with Crippen LogP contribution in [0.4, 0.5) is 11.4 Å². The second-order valence-electron chi connectivity index (χ2n) is 5.12. The first kappa shape index (κ1) is 16.0. The van der Waals surface area contributed by atoms with Crippen LogP contribution >= 0.6 is 0 Å². The van der Waals surface area contributed by atoms with Crippen LogP contribution in [0.1, 0.15) is 13.8 Å². The van der Waals surface area contributed by atoms with Crippen molar-refractivity contribution < 1.29 is 19.5 Å². The van der Waals surface area contributed by atoms with Crippen molar-refractivity contribution in [3.8, 4) is 11.5 Å². The number of rotatable bonds is 6. The summed E-state index contributed by atoms with van der Waals surface area (Å²) in [6.45, 7) is 3.51. The van der Waals surface area contributed by atoms with Crippen LogP contribution in [0.25, 0.3) is 0 Å². The summed E-state index contributed by atoms with van der Waals surface area (Å²) in [6, 6.07) is 2.84. The van der Waals surface area contributed by atoms with Gasteiger partial charge in [0.25, 0.3) is 5.69 Å². The highest BCUT2D eigenvalue weighted by Gasteiger charge is 2.25. The van der Waals surface area contributed by atoms with Crippen LogP contribution in [0.2, 0.25) is 0 Å². The zero-order valence-electron chi connectivity index (χ0n) is 12.3. The van der Waals surface area contributed by atoms with Crippen LogP contribution in [0.15, 0.2) is 12.1 Å². The maximum atomic E-state index is 11.2. The Morgan fingerprint density at radius 3 is 2.20 bits per heavy atom. The SMILES string of the molecule is COc1cc(N(C)CC(C)(C)O)c([N+](=O)[O-])cc1OC. The van der Waals surface area contributed by atoms with Crippen LogP contribution in [-0.2, 0) is 0 Å². The van der Waals surface area contributed by atoms with Gasteiger partial charge in [0.05, 0.1) is 30.8 Å². The normalized spacial score (nSPS) is 11.1. The summed E-state index contributed by atoms with van der Waals surface area (Å²) in [4.78, 5) is 12.3. The number of hydrogen-bond acceptors (Lipinski definition) is 6. The van der Waals surface area contributed by atoms with Crippen LogP contribution in [-0.4, -0.2) is 43.4 Å². The molecule has 0 aliphatic rings. The lowest BCUT2D eigenvalue weighted by molar-refractivity contribution is -0.384. The van der Waals surface area contributed by atoms with E-state index < -0.39 is 10.5 Å². The minimum Gasteiger partial charge on any atom is -0.493 e. The van der Waals surface area contributed by atoms with Gasteiger partial charge in [-0.1, -0.05) is 0 Å². The van der Waals surface area contributed by atoms with Gasteiger partial charge in [-0.05, 0) is 13.8 Å². The van der Waals surface area contributed by atoms with Gasteiger partial charge in [-0.2, -0.15) is 0 Å². The highest BCUT2D eigenvalue weighted by molar-refractivity contribution is 5.69. The molecule has 0 aromatic heterocycles.